The van der Waals surface area contributed by atoms with Crippen molar-refractivity contribution in [1.29, 1.82) is 0 Å². The van der Waals surface area contributed by atoms with Gasteiger partial charge in [0, 0.05) is 29.5 Å². The molecule has 184 valence electrons. The Bertz CT molecular complexity index is 1760. The lowest BCUT2D eigenvalue weighted by atomic mass is 10.1. The van der Waals surface area contributed by atoms with Gasteiger partial charge in [-0.2, -0.15) is 5.10 Å². The lowest BCUT2D eigenvalue weighted by molar-refractivity contribution is -0.116. The van der Waals surface area contributed by atoms with Crippen LogP contribution in [0.15, 0.2) is 61.4 Å². The molecule has 11 nitrogen and oxygen atoms in total. The molecule has 0 bridgehead atoms. The molecule has 6 aromatic heterocycles. The normalized spacial score (nSPS) is 11.6. The van der Waals surface area contributed by atoms with E-state index in [0.29, 0.717) is 16.9 Å². The first-order valence-electron chi connectivity index (χ1n) is 11.7. The van der Waals surface area contributed by atoms with E-state index in [0.717, 1.165) is 44.9 Å². The highest BCUT2D eigenvalue weighted by molar-refractivity contribution is 5.96. The Kier molecular flexibility index (Phi) is 5.46. The smallest absolute Gasteiger partial charge is 0.238 e. The van der Waals surface area contributed by atoms with Gasteiger partial charge in [0.2, 0.25) is 5.91 Å². The summed E-state index contributed by atoms with van der Waals surface area (Å²) >= 11 is 0. The number of amides is 1. The van der Waals surface area contributed by atoms with Crippen LogP contribution in [0.3, 0.4) is 0 Å². The predicted molar refractivity (Wildman–Crippen MR) is 141 cm³/mol. The van der Waals surface area contributed by atoms with Gasteiger partial charge in [-0.3, -0.25) is 14.9 Å². The Labute approximate surface area is 211 Å². The number of hydrogen-bond donors (Lipinski definition) is 3. The number of nitrogens with zero attached hydrogens (tertiary/aromatic N) is 7. The summed E-state index contributed by atoms with van der Waals surface area (Å²) in [5, 5.41) is 11.4. The van der Waals surface area contributed by atoms with Crippen molar-refractivity contribution in [2.75, 3.05) is 26.0 Å². The number of rotatable bonds is 6. The highest BCUT2D eigenvalue weighted by Gasteiger charge is 2.16. The zero-order chi connectivity index (χ0) is 25.5. The predicted octanol–water partition coefficient (Wildman–Crippen LogP) is 3.56. The number of carbonyl (C=O) groups is 1. The Balaban J connectivity index is 1.38. The fourth-order valence-electron chi connectivity index (χ4n) is 4.30. The van der Waals surface area contributed by atoms with Crippen LogP contribution in [0.2, 0.25) is 0 Å². The van der Waals surface area contributed by atoms with Gasteiger partial charge >= 0.3 is 0 Å². The largest absolute Gasteiger partial charge is 0.338 e. The first kappa shape index (κ1) is 22.6. The lowest BCUT2D eigenvalue weighted by Gasteiger charge is -2.10. The van der Waals surface area contributed by atoms with Crippen molar-refractivity contribution in [2.45, 2.75) is 6.92 Å². The molecule has 0 aliphatic carbocycles. The number of likely N-dealkylation sites (N-methyl/N-ethyl adjacent to an activating group) is 1. The number of pyridine rings is 3. The third-order valence-corrected chi connectivity index (χ3v) is 5.94. The van der Waals surface area contributed by atoms with Gasteiger partial charge in [-0.15, -0.1) is 0 Å². The second kappa shape index (κ2) is 8.95. The van der Waals surface area contributed by atoms with Crippen LogP contribution >= 0.6 is 0 Å². The van der Waals surface area contributed by atoms with Crippen LogP contribution in [0.25, 0.3) is 50.4 Å². The van der Waals surface area contributed by atoms with Crippen LogP contribution in [0.5, 0.6) is 0 Å². The van der Waals surface area contributed by atoms with Crippen LogP contribution in [0.1, 0.15) is 5.69 Å². The first-order valence-corrected chi connectivity index (χ1v) is 11.7. The number of aromatic nitrogens is 8. The number of H-pyrrole nitrogens is 2. The summed E-state index contributed by atoms with van der Waals surface area (Å²) in [4.78, 5) is 35.4. The van der Waals surface area contributed by atoms with Crippen molar-refractivity contribution in [3.8, 4) is 28.3 Å². The van der Waals surface area contributed by atoms with Crippen molar-refractivity contribution < 1.29 is 4.79 Å². The van der Waals surface area contributed by atoms with E-state index in [4.69, 9.17) is 4.98 Å². The van der Waals surface area contributed by atoms with Crippen molar-refractivity contribution in [3.63, 3.8) is 0 Å². The molecular formula is C26H24N10O. The van der Waals surface area contributed by atoms with E-state index in [1.165, 1.54) is 0 Å². The molecule has 0 radical (unpaired) electrons. The third kappa shape index (κ3) is 4.32. The van der Waals surface area contributed by atoms with Crippen molar-refractivity contribution in [1.82, 2.24) is 44.6 Å². The zero-order valence-corrected chi connectivity index (χ0v) is 20.5. The summed E-state index contributed by atoms with van der Waals surface area (Å²) in [5.74, 6) is -0.109. The zero-order valence-electron chi connectivity index (χ0n) is 20.5. The van der Waals surface area contributed by atoms with Gasteiger partial charge in [-0.05, 0) is 51.4 Å². The summed E-state index contributed by atoms with van der Waals surface area (Å²) in [6, 6.07) is 9.68. The van der Waals surface area contributed by atoms with E-state index < -0.39 is 0 Å². The Morgan fingerprint density at radius 3 is 2.84 bits per heavy atom. The summed E-state index contributed by atoms with van der Waals surface area (Å²) in [7, 11) is 3.69. The molecule has 3 N–H and O–H groups in total. The fraction of sp³-hybridized carbons (Fsp3) is 0.154. The second-order valence-electron chi connectivity index (χ2n) is 9.11. The van der Waals surface area contributed by atoms with Gasteiger partial charge in [-0.1, -0.05) is 0 Å². The van der Waals surface area contributed by atoms with Crippen LogP contribution in [-0.2, 0) is 4.79 Å². The minimum atomic E-state index is -0.109. The highest BCUT2D eigenvalue weighted by Crippen LogP contribution is 2.31. The molecule has 6 aromatic rings. The first-order chi connectivity index (χ1) is 17.9. The molecule has 0 spiro atoms. The van der Waals surface area contributed by atoms with Crippen LogP contribution in [0, 0.1) is 6.92 Å². The van der Waals surface area contributed by atoms with E-state index in [1.807, 2.05) is 67.0 Å². The number of aryl methyl sites for hydroxylation is 1. The molecule has 6 heterocycles. The average molecular weight is 493 g/mol. The van der Waals surface area contributed by atoms with Gasteiger partial charge in [0.1, 0.15) is 16.9 Å². The molecule has 6 rings (SSSR count). The minimum Gasteiger partial charge on any atom is -0.338 e. The minimum absolute atomic E-state index is 0.109. The molecule has 37 heavy (non-hydrogen) atoms. The molecule has 0 fully saturated rings. The molecule has 11 heteroatoms. The number of carbonyl (C=O) groups excluding carboxylic acids is 1. The third-order valence-electron chi connectivity index (χ3n) is 5.94. The van der Waals surface area contributed by atoms with Crippen LogP contribution in [-0.4, -0.2) is 71.1 Å². The molecule has 1 amide bonds. The molecular weight excluding hydrogens is 468 g/mol. The van der Waals surface area contributed by atoms with E-state index in [9.17, 15) is 4.79 Å². The lowest BCUT2D eigenvalue weighted by Crippen LogP contribution is -2.27. The number of nitrogens with one attached hydrogen (secondary N) is 3. The number of anilines is 1. The number of aromatic amines is 2. The van der Waals surface area contributed by atoms with Crippen molar-refractivity contribution >= 4 is 33.7 Å². The Morgan fingerprint density at radius 1 is 1.14 bits per heavy atom. The van der Waals surface area contributed by atoms with Crippen LogP contribution < -0.4 is 5.32 Å². The Hall–Kier alpha value is -4.90. The Morgan fingerprint density at radius 2 is 2.03 bits per heavy atom. The van der Waals surface area contributed by atoms with Crippen LogP contribution in [0.4, 0.5) is 5.69 Å². The SMILES string of the molecule is Cc1cn(-c2ccnc3[nH]c(-c4n[nH]c5ccc(-c6cncc(NC(=O)CN(C)C)c6)nc45)cc23)cn1. The van der Waals surface area contributed by atoms with E-state index in [2.05, 4.69) is 35.5 Å². The molecule has 0 saturated carbocycles. The number of hydrogen-bond acceptors (Lipinski definition) is 7. The van der Waals surface area contributed by atoms with Crippen molar-refractivity contribution in [3.05, 3.63) is 67.1 Å². The van der Waals surface area contributed by atoms with Gasteiger partial charge in [0.15, 0.2) is 0 Å². The molecule has 0 saturated heterocycles. The van der Waals surface area contributed by atoms with E-state index in [-0.39, 0.29) is 12.5 Å². The highest BCUT2D eigenvalue weighted by atomic mass is 16.2. The average Bonchev–Trinajstić information content (AvgIpc) is 3.60. The molecule has 0 aliphatic heterocycles. The van der Waals surface area contributed by atoms with Gasteiger partial charge in [0.05, 0.1) is 53.0 Å². The second-order valence-corrected chi connectivity index (χ2v) is 9.11. The summed E-state index contributed by atoms with van der Waals surface area (Å²) in [6.07, 6.45) is 8.88. The van der Waals surface area contributed by atoms with Gasteiger partial charge in [0.25, 0.3) is 0 Å². The summed E-state index contributed by atoms with van der Waals surface area (Å²) in [6.45, 7) is 2.24. The standard InChI is InChI=1S/C26H24N10O/c1-15-12-36(14-29-15)22-6-7-28-26-18(22)9-21(32-26)25-24-20(33-34-25)5-4-19(31-24)16-8-17(11-27-10-16)30-23(37)13-35(2)3/h4-12,14H,13H2,1-3H3,(H,28,32)(H,30,37)(H,33,34). The summed E-state index contributed by atoms with van der Waals surface area (Å²) < 4.78 is 1.98. The molecule has 0 aliphatic rings. The van der Waals surface area contributed by atoms with Gasteiger partial charge in [-0.25, -0.2) is 15.0 Å². The molecule has 0 unspecified atom stereocenters. The van der Waals surface area contributed by atoms with E-state index in [1.54, 1.807) is 24.9 Å². The van der Waals surface area contributed by atoms with Crippen molar-refractivity contribution in [2.24, 2.45) is 0 Å². The monoisotopic (exact) mass is 492 g/mol. The van der Waals surface area contributed by atoms with Gasteiger partial charge < -0.3 is 19.8 Å². The maximum atomic E-state index is 12.2. The number of imidazole rings is 1. The number of fused-ring (bicyclic) bond motifs is 2. The maximum Gasteiger partial charge on any atom is 0.238 e. The van der Waals surface area contributed by atoms with E-state index >= 15 is 0 Å². The fourth-order valence-corrected chi connectivity index (χ4v) is 4.30. The maximum absolute atomic E-state index is 12.2. The summed E-state index contributed by atoms with van der Waals surface area (Å²) in [5.41, 5.74) is 7.77. The molecule has 0 aromatic carbocycles. The molecule has 0 atom stereocenters. The topological polar surface area (TPSA) is 133 Å². The quantitative estimate of drug-likeness (QED) is 0.324.